The number of rotatable bonds is 3. The Kier molecular flexibility index (Phi) is 3.75. The van der Waals surface area contributed by atoms with Gasteiger partial charge in [0.1, 0.15) is 0 Å². The van der Waals surface area contributed by atoms with E-state index < -0.39 is 0 Å². The van der Waals surface area contributed by atoms with Crippen molar-refractivity contribution in [2.45, 2.75) is 12.8 Å². The molecule has 3 rings (SSSR count). The molecule has 5 heteroatoms. The number of benzene rings is 2. The van der Waals surface area contributed by atoms with Crippen LogP contribution < -0.4 is 10.6 Å². The van der Waals surface area contributed by atoms with E-state index in [1.165, 1.54) is 0 Å². The van der Waals surface area contributed by atoms with Gasteiger partial charge in [0.25, 0.3) is 0 Å². The number of amides is 2. The molecule has 0 unspecified atom stereocenters. The van der Waals surface area contributed by atoms with Crippen LogP contribution in [0.15, 0.2) is 46.9 Å². The highest BCUT2D eigenvalue weighted by molar-refractivity contribution is 9.10. The lowest BCUT2D eigenvalue weighted by molar-refractivity contribution is -0.116. The Morgan fingerprint density at radius 2 is 1.95 bits per heavy atom. The Balaban J connectivity index is 1.66. The zero-order valence-corrected chi connectivity index (χ0v) is 12.7. The summed E-state index contributed by atoms with van der Waals surface area (Å²) < 4.78 is 0.988. The van der Waals surface area contributed by atoms with Crippen LogP contribution in [0.2, 0.25) is 0 Å². The topological polar surface area (TPSA) is 58.2 Å². The minimum atomic E-state index is -0.0745. The average molecular weight is 345 g/mol. The maximum Gasteiger partial charge on any atom is 0.228 e. The molecular weight excluding hydrogens is 332 g/mol. The number of hydrogen-bond acceptors (Lipinski definition) is 2. The number of hydrogen-bond donors (Lipinski definition) is 2. The Labute approximate surface area is 130 Å². The second kappa shape index (κ2) is 5.69. The van der Waals surface area contributed by atoms with Crippen LogP contribution in [-0.4, -0.2) is 11.8 Å². The van der Waals surface area contributed by atoms with Crippen LogP contribution in [-0.2, 0) is 22.4 Å². The van der Waals surface area contributed by atoms with Crippen molar-refractivity contribution in [2.75, 3.05) is 10.6 Å². The number of fused-ring (bicyclic) bond motifs is 1. The molecule has 0 fully saturated rings. The fourth-order valence-electron chi connectivity index (χ4n) is 2.30. The molecule has 0 spiro atoms. The number of anilines is 2. The first kappa shape index (κ1) is 13.8. The van der Waals surface area contributed by atoms with Gasteiger partial charge in [0.05, 0.1) is 12.8 Å². The third kappa shape index (κ3) is 3.31. The lowest BCUT2D eigenvalue weighted by atomic mass is 10.1. The average Bonchev–Trinajstić information content (AvgIpc) is 2.80. The van der Waals surface area contributed by atoms with E-state index in [4.69, 9.17) is 0 Å². The van der Waals surface area contributed by atoms with Crippen LogP contribution in [0.1, 0.15) is 11.1 Å². The van der Waals surface area contributed by atoms with Crippen LogP contribution in [0.5, 0.6) is 0 Å². The highest BCUT2D eigenvalue weighted by Crippen LogP contribution is 2.26. The summed E-state index contributed by atoms with van der Waals surface area (Å²) in [5.74, 6) is -0.0853. The van der Waals surface area contributed by atoms with E-state index in [-0.39, 0.29) is 11.8 Å². The minimum Gasteiger partial charge on any atom is -0.326 e. The molecule has 2 aromatic carbocycles. The van der Waals surface area contributed by atoms with Crippen molar-refractivity contribution in [1.29, 1.82) is 0 Å². The molecule has 1 aliphatic rings. The molecule has 0 radical (unpaired) electrons. The second-order valence-electron chi connectivity index (χ2n) is 4.95. The smallest absolute Gasteiger partial charge is 0.228 e. The Bertz CT molecular complexity index is 711. The van der Waals surface area contributed by atoms with Gasteiger partial charge < -0.3 is 10.6 Å². The molecule has 0 aromatic heterocycles. The van der Waals surface area contributed by atoms with Crippen molar-refractivity contribution in [3.05, 3.63) is 58.1 Å². The van der Waals surface area contributed by atoms with Crippen molar-refractivity contribution in [2.24, 2.45) is 0 Å². The summed E-state index contributed by atoms with van der Waals surface area (Å²) in [6.07, 6.45) is 0.688. The quantitative estimate of drug-likeness (QED) is 0.898. The molecular formula is C16H13BrN2O2. The molecule has 0 saturated carbocycles. The highest BCUT2D eigenvalue weighted by atomic mass is 79.9. The van der Waals surface area contributed by atoms with Crippen molar-refractivity contribution >= 4 is 39.1 Å². The van der Waals surface area contributed by atoms with E-state index in [0.717, 1.165) is 21.3 Å². The number of carbonyl (C=O) groups is 2. The van der Waals surface area contributed by atoms with Gasteiger partial charge in [-0.3, -0.25) is 9.59 Å². The van der Waals surface area contributed by atoms with E-state index in [0.29, 0.717) is 18.5 Å². The van der Waals surface area contributed by atoms with E-state index in [2.05, 4.69) is 26.6 Å². The molecule has 21 heavy (non-hydrogen) atoms. The van der Waals surface area contributed by atoms with Crippen molar-refractivity contribution < 1.29 is 9.59 Å². The first-order valence-corrected chi connectivity index (χ1v) is 7.36. The molecule has 1 aliphatic heterocycles. The van der Waals surface area contributed by atoms with Crippen LogP contribution in [0.25, 0.3) is 0 Å². The largest absolute Gasteiger partial charge is 0.326 e. The summed E-state index contributed by atoms with van der Waals surface area (Å²) in [4.78, 5) is 23.3. The van der Waals surface area contributed by atoms with Crippen molar-refractivity contribution in [3.63, 3.8) is 0 Å². The number of carbonyl (C=O) groups excluding carboxylic acids is 2. The summed E-state index contributed by atoms with van der Waals surface area (Å²) in [6.45, 7) is 0. The van der Waals surface area contributed by atoms with Gasteiger partial charge in [-0.15, -0.1) is 0 Å². The van der Waals surface area contributed by atoms with E-state index >= 15 is 0 Å². The Hall–Kier alpha value is -2.14. The predicted molar refractivity (Wildman–Crippen MR) is 85.3 cm³/mol. The SMILES string of the molecule is O=C(Cc1ccc(Br)cc1)Nc1ccc2c(c1)CC(=O)N2. The van der Waals surface area contributed by atoms with Crippen LogP contribution >= 0.6 is 15.9 Å². The normalized spacial score (nSPS) is 12.7. The van der Waals surface area contributed by atoms with E-state index in [1.54, 1.807) is 6.07 Å². The lowest BCUT2D eigenvalue weighted by Crippen LogP contribution is -2.14. The van der Waals surface area contributed by atoms with Gasteiger partial charge >= 0.3 is 0 Å². The van der Waals surface area contributed by atoms with Gasteiger partial charge in [-0.1, -0.05) is 28.1 Å². The van der Waals surface area contributed by atoms with Gasteiger partial charge in [-0.05, 0) is 41.5 Å². The summed E-state index contributed by atoms with van der Waals surface area (Å²) >= 11 is 3.36. The molecule has 0 saturated heterocycles. The number of nitrogens with one attached hydrogen (secondary N) is 2. The predicted octanol–water partition coefficient (Wildman–Crippen LogP) is 3.12. The summed E-state index contributed by atoms with van der Waals surface area (Å²) in [5, 5.41) is 5.63. The summed E-state index contributed by atoms with van der Waals surface area (Å²) in [7, 11) is 0. The fourth-order valence-corrected chi connectivity index (χ4v) is 2.56. The Morgan fingerprint density at radius 1 is 1.19 bits per heavy atom. The van der Waals surface area contributed by atoms with Crippen molar-refractivity contribution in [3.8, 4) is 0 Å². The Morgan fingerprint density at radius 3 is 2.71 bits per heavy atom. The molecule has 2 aromatic rings. The van der Waals surface area contributed by atoms with Gasteiger partial charge in [-0.2, -0.15) is 0 Å². The number of halogens is 1. The van der Waals surface area contributed by atoms with Gasteiger partial charge in [0.2, 0.25) is 11.8 Å². The molecule has 1 heterocycles. The monoisotopic (exact) mass is 344 g/mol. The van der Waals surface area contributed by atoms with Gasteiger partial charge in [0, 0.05) is 15.8 Å². The van der Waals surface area contributed by atoms with Crippen LogP contribution in [0.3, 0.4) is 0 Å². The second-order valence-corrected chi connectivity index (χ2v) is 5.86. The van der Waals surface area contributed by atoms with Gasteiger partial charge in [-0.25, -0.2) is 0 Å². The minimum absolute atomic E-state index is 0.0108. The zero-order valence-electron chi connectivity index (χ0n) is 11.2. The third-order valence-electron chi connectivity index (χ3n) is 3.29. The molecule has 0 aliphatic carbocycles. The van der Waals surface area contributed by atoms with Crippen molar-refractivity contribution in [1.82, 2.24) is 0 Å². The molecule has 0 bridgehead atoms. The molecule has 2 amide bonds. The lowest BCUT2D eigenvalue weighted by Gasteiger charge is -2.07. The standard InChI is InChI=1S/C16H13BrN2O2/c17-12-3-1-10(2-4-12)7-15(20)18-13-5-6-14-11(8-13)9-16(21)19-14/h1-6,8H,7,9H2,(H,18,20)(H,19,21). The summed E-state index contributed by atoms with van der Waals surface area (Å²) in [5.41, 5.74) is 3.41. The molecule has 2 N–H and O–H groups in total. The highest BCUT2D eigenvalue weighted by Gasteiger charge is 2.17. The van der Waals surface area contributed by atoms with Gasteiger partial charge in [0.15, 0.2) is 0 Å². The van der Waals surface area contributed by atoms with E-state index in [9.17, 15) is 9.59 Å². The zero-order chi connectivity index (χ0) is 14.8. The summed E-state index contributed by atoms with van der Waals surface area (Å²) in [6, 6.07) is 13.1. The maximum atomic E-state index is 12.0. The molecule has 4 nitrogen and oxygen atoms in total. The first-order valence-electron chi connectivity index (χ1n) is 6.57. The van der Waals surface area contributed by atoms with Crippen LogP contribution in [0.4, 0.5) is 11.4 Å². The van der Waals surface area contributed by atoms with Crippen LogP contribution in [0, 0.1) is 0 Å². The first-order chi connectivity index (χ1) is 10.1. The molecule has 106 valence electrons. The molecule has 0 atom stereocenters. The maximum absolute atomic E-state index is 12.0. The van der Waals surface area contributed by atoms with E-state index in [1.807, 2.05) is 36.4 Å². The fraction of sp³-hybridized carbons (Fsp3) is 0.125. The third-order valence-corrected chi connectivity index (χ3v) is 3.82.